The fourth-order valence-electron chi connectivity index (χ4n) is 3.98. The highest BCUT2D eigenvalue weighted by molar-refractivity contribution is 5.89. The summed E-state index contributed by atoms with van der Waals surface area (Å²) in [7, 11) is 0. The van der Waals surface area contributed by atoms with Crippen LogP contribution in [-0.2, 0) is 11.2 Å². The van der Waals surface area contributed by atoms with E-state index in [1.54, 1.807) is 18.2 Å². The summed E-state index contributed by atoms with van der Waals surface area (Å²) in [6.07, 6.45) is 2.49. The number of esters is 1. The van der Waals surface area contributed by atoms with Gasteiger partial charge in [-0.3, -0.25) is 4.79 Å². The first kappa shape index (κ1) is 22.5. The Morgan fingerprint density at radius 1 is 1.03 bits per heavy atom. The molecule has 8 nitrogen and oxygen atoms in total. The topological polar surface area (TPSA) is 123 Å². The number of ether oxygens (including phenoxy) is 3. The molecule has 2 heterocycles. The molecule has 0 spiro atoms. The van der Waals surface area contributed by atoms with Gasteiger partial charge in [-0.05, 0) is 23.3 Å². The summed E-state index contributed by atoms with van der Waals surface area (Å²) in [4.78, 5) is 25.8. The third-order valence-electron chi connectivity index (χ3n) is 5.77. The van der Waals surface area contributed by atoms with Gasteiger partial charge in [0.15, 0.2) is 17.5 Å². The molecule has 5 rings (SSSR count). The summed E-state index contributed by atoms with van der Waals surface area (Å²) < 4.78 is 22.4. The van der Waals surface area contributed by atoms with Crippen molar-refractivity contribution in [2.45, 2.75) is 18.9 Å². The van der Waals surface area contributed by atoms with Gasteiger partial charge in [0.1, 0.15) is 28.7 Å². The van der Waals surface area contributed by atoms with E-state index < -0.39 is 17.4 Å². The lowest BCUT2D eigenvalue weighted by Crippen LogP contribution is -2.67. The average Bonchev–Trinajstić information content (AvgIpc) is 3.09. The molecule has 4 aromatic rings. The van der Waals surface area contributed by atoms with Crippen LogP contribution >= 0.6 is 0 Å². The number of phenolic OH excluding ortho intramolecular Hbond substituents is 1. The summed E-state index contributed by atoms with van der Waals surface area (Å²) in [6, 6.07) is 16.7. The van der Waals surface area contributed by atoms with E-state index in [1.165, 1.54) is 18.4 Å². The molecule has 1 aliphatic rings. The number of fused-ring (bicyclic) bond motifs is 2. The van der Waals surface area contributed by atoms with Gasteiger partial charge in [-0.25, -0.2) is 4.79 Å². The third kappa shape index (κ3) is 4.69. The second kappa shape index (κ2) is 9.52. The van der Waals surface area contributed by atoms with Crippen LogP contribution in [0, 0.1) is 0 Å². The third-order valence-corrected chi connectivity index (χ3v) is 5.77. The molecule has 0 fully saturated rings. The number of hydrogen-bond acceptors (Lipinski definition) is 7. The second-order valence-electron chi connectivity index (χ2n) is 8.31. The lowest BCUT2D eigenvalue weighted by Gasteiger charge is -2.11. The van der Waals surface area contributed by atoms with Gasteiger partial charge < -0.3 is 29.5 Å². The van der Waals surface area contributed by atoms with Crippen LogP contribution in [0.2, 0.25) is 0 Å². The van der Waals surface area contributed by atoms with Crippen molar-refractivity contribution in [1.29, 1.82) is 0 Å². The lowest BCUT2D eigenvalue weighted by atomic mass is 10.0. The van der Waals surface area contributed by atoms with Crippen molar-refractivity contribution in [2.75, 3.05) is 13.2 Å². The predicted molar refractivity (Wildman–Crippen MR) is 128 cm³/mol. The van der Waals surface area contributed by atoms with E-state index in [0.717, 1.165) is 12.0 Å². The van der Waals surface area contributed by atoms with Crippen LogP contribution in [0.15, 0.2) is 76.1 Å². The molecule has 0 amide bonds. The molecule has 35 heavy (non-hydrogen) atoms. The van der Waals surface area contributed by atoms with E-state index in [9.17, 15) is 14.7 Å². The molecule has 0 saturated heterocycles. The van der Waals surface area contributed by atoms with Crippen LogP contribution in [0.3, 0.4) is 0 Å². The van der Waals surface area contributed by atoms with Gasteiger partial charge in [0.25, 0.3) is 0 Å². The summed E-state index contributed by atoms with van der Waals surface area (Å²) in [5.41, 5.74) is 5.34. The zero-order chi connectivity index (χ0) is 24.4. The van der Waals surface area contributed by atoms with E-state index in [2.05, 4.69) is 5.73 Å². The van der Waals surface area contributed by atoms with Crippen molar-refractivity contribution < 1.29 is 34.3 Å². The number of quaternary nitrogens is 1. The largest absolute Gasteiger partial charge is 0.507 e. The van der Waals surface area contributed by atoms with Gasteiger partial charge >= 0.3 is 5.97 Å². The number of benzene rings is 3. The molecule has 1 aliphatic heterocycles. The van der Waals surface area contributed by atoms with E-state index >= 15 is 0 Å². The van der Waals surface area contributed by atoms with Crippen molar-refractivity contribution in [2.24, 2.45) is 0 Å². The summed E-state index contributed by atoms with van der Waals surface area (Å²) in [5, 5.41) is 10.6. The predicted octanol–water partition coefficient (Wildman–Crippen LogP) is 3.09. The van der Waals surface area contributed by atoms with Crippen LogP contribution in [0.5, 0.6) is 23.0 Å². The summed E-state index contributed by atoms with van der Waals surface area (Å²) in [6.45, 7) is 1.08. The molecule has 0 radical (unpaired) electrons. The van der Waals surface area contributed by atoms with Crippen LogP contribution in [0.25, 0.3) is 22.1 Å². The van der Waals surface area contributed by atoms with E-state index in [-0.39, 0.29) is 28.0 Å². The van der Waals surface area contributed by atoms with E-state index in [0.29, 0.717) is 36.7 Å². The quantitative estimate of drug-likeness (QED) is 0.337. The van der Waals surface area contributed by atoms with Crippen molar-refractivity contribution in [3.63, 3.8) is 0 Å². The van der Waals surface area contributed by atoms with Gasteiger partial charge in [0, 0.05) is 25.0 Å². The SMILES string of the molecule is [NH3+][C@H](Cc1ccccc1)C(=O)Oc1cc(O)c2c(=O)c(-c3ccc4c(c3)OCCCO4)coc2c1. The number of carbonyl (C=O) groups is 1. The van der Waals surface area contributed by atoms with Gasteiger partial charge in [0.2, 0.25) is 5.43 Å². The van der Waals surface area contributed by atoms with Gasteiger partial charge in [0.05, 0.1) is 18.8 Å². The second-order valence-corrected chi connectivity index (χ2v) is 8.31. The monoisotopic (exact) mass is 474 g/mol. The Morgan fingerprint density at radius 3 is 2.60 bits per heavy atom. The van der Waals surface area contributed by atoms with Crippen molar-refractivity contribution in [3.05, 3.63) is 82.7 Å². The fraction of sp³-hybridized carbons (Fsp3) is 0.185. The van der Waals surface area contributed by atoms with E-state index in [4.69, 9.17) is 18.6 Å². The van der Waals surface area contributed by atoms with Crippen LogP contribution < -0.4 is 25.4 Å². The minimum atomic E-state index is -0.649. The highest BCUT2D eigenvalue weighted by atomic mass is 16.5. The number of rotatable bonds is 5. The average molecular weight is 474 g/mol. The Kier molecular flexibility index (Phi) is 6.12. The standard InChI is InChI=1S/C27H23NO7/c28-20(11-16-5-2-1-3-6-16)27(31)35-18-13-21(29)25-24(14-18)34-15-19(26(25)30)17-7-8-22-23(12-17)33-10-4-9-32-22/h1-3,5-8,12-15,20,29H,4,9-11,28H2/p+1/t20-/m1/s1. The minimum absolute atomic E-state index is 0.00938. The Bertz CT molecular complexity index is 1450. The van der Waals surface area contributed by atoms with Crippen LogP contribution in [0.4, 0.5) is 0 Å². The number of hydrogen-bond donors (Lipinski definition) is 2. The van der Waals surface area contributed by atoms with Crippen LogP contribution in [-0.4, -0.2) is 30.3 Å². The Balaban J connectivity index is 1.41. The zero-order valence-corrected chi connectivity index (χ0v) is 18.9. The van der Waals surface area contributed by atoms with Crippen molar-refractivity contribution in [1.82, 2.24) is 0 Å². The molecule has 8 heteroatoms. The maximum absolute atomic E-state index is 13.2. The number of phenols is 1. The molecule has 0 unspecified atom stereocenters. The summed E-state index contributed by atoms with van der Waals surface area (Å²) in [5.74, 6) is 0.316. The first-order chi connectivity index (χ1) is 17.0. The molecule has 4 N–H and O–H groups in total. The van der Waals surface area contributed by atoms with Crippen LogP contribution in [0.1, 0.15) is 12.0 Å². The number of aromatic hydroxyl groups is 1. The fourth-order valence-corrected chi connectivity index (χ4v) is 3.98. The Labute approximate surface area is 200 Å². The molecule has 3 aromatic carbocycles. The first-order valence-corrected chi connectivity index (χ1v) is 11.3. The van der Waals surface area contributed by atoms with Gasteiger partial charge in [-0.1, -0.05) is 36.4 Å². The highest BCUT2D eigenvalue weighted by Gasteiger charge is 2.22. The lowest BCUT2D eigenvalue weighted by molar-refractivity contribution is -0.406. The molecule has 0 aliphatic carbocycles. The Morgan fingerprint density at radius 2 is 1.80 bits per heavy atom. The van der Waals surface area contributed by atoms with Gasteiger partial charge in [-0.2, -0.15) is 0 Å². The maximum Gasteiger partial charge on any atom is 0.370 e. The maximum atomic E-state index is 13.2. The molecule has 0 saturated carbocycles. The van der Waals surface area contributed by atoms with Gasteiger partial charge in [-0.15, -0.1) is 0 Å². The molecule has 1 atom stereocenters. The summed E-state index contributed by atoms with van der Waals surface area (Å²) >= 11 is 0. The zero-order valence-electron chi connectivity index (χ0n) is 18.9. The molecular weight excluding hydrogens is 450 g/mol. The van der Waals surface area contributed by atoms with Crippen molar-refractivity contribution >= 4 is 16.9 Å². The normalized spacial score (nSPS) is 13.7. The smallest absolute Gasteiger partial charge is 0.370 e. The molecule has 0 bridgehead atoms. The Hall–Kier alpha value is -4.30. The first-order valence-electron chi connectivity index (χ1n) is 11.3. The van der Waals surface area contributed by atoms with Crippen molar-refractivity contribution in [3.8, 4) is 34.1 Å². The minimum Gasteiger partial charge on any atom is -0.507 e. The molecule has 178 valence electrons. The molecule has 1 aromatic heterocycles. The highest BCUT2D eigenvalue weighted by Crippen LogP contribution is 2.35. The molecular formula is C27H24NO7+. The van der Waals surface area contributed by atoms with E-state index in [1.807, 2.05) is 30.3 Å². The number of carbonyl (C=O) groups excluding carboxylic acids is 1.